The van der Waals surface area contributed by atoms with E-state index in [-0.39, 0.29) is 13.3 Å². The maximum absolute atomic E-state index is 13.4. The number of pyridine rings is 1. The Morgan fingerprint density at radius 3 is 2.54 bits per heavy atom. The molecule has 1 fully saturated rings. The molecule has 1 aromatic heterocycles. The SMILES string of the molecule is CC[C@H](NC(=O)[C@@H](CS(=O)(=O)c1cccc2cccnc12)NS(C)(=O)=O)[C@H](O)CC1C[C@@H](C)CC[C@H]1C.[HH].[HH]. The quantitative estimate of drug-likeness (QED) is 0.385. The van der Waals surface area contributed by atoms with Crippen LogP contribution in [0.15, 0.2) is 41.4 Å². The predicted molar refractivity (Wildman–Crippen MR) is 148 cm³/mol. The van der Waals surface area contributed by atoms with Crippen molar-refractivity contribution < 1.29 is 29.6 Å². The first-order chi connectivity index (χ1) is 17.3. The number of benzene rings is 1. The fourth-order valence-electron chi connectivity index (χ4n) is 5.26. The van der Waals surface area contributed by atoms with Crippen LogP contribution < -0.4 is 10.0 Å². The first kappa shape index (κ1) is 29.5. The third-order valence-electron chi connectivity index (χ3n) is 7.39. The number of fused-ring (bicyclic) bond motifs is 1. The Morgan fingerprint density at radius 1 is 1.16 bits per heavy atom. The molecule has 0 aliphatic heterocycles. The van der Waals surface area contributed by atoms with Gasteiger partial charge in [-0.25, -0.2) is 21.6 Å². The van der Waals surface area contributed by atoms with E-state index in [1.807, 2.05) is 6.92 Å². The van der Waals surface area contributed by atoms with Crippen LogP contribution in [0.4, 0.5) is 0 Å². The Balaban J connectivity index is 0.00000380. The largest absolute Gasteiger partial charge is 0.391 e. The molecule has 3 N–H and O–H groups in total. The van der Waals surface area contributed by atoms with Crippen LogP contribution in [0.5, 0.6) is 0 Å². The monoisotopic (exact) mass is 557 g/mol. The highest BCUT2D eigenvalue weighted by atomic mass is 32.2. The highest BCUT2D eigenvalue weighted by molar-refractivity contribution is 7.92. The van der Waals surface area contributed by atoms with E-state index in [4.69, 9.17) is 0 Å². The van der Waals surface area contributed by atoms with Gasteiger partial charge < -0.3 is 10.4 Å². The molecular formula is C26H43N3O6S2. The number of para-hydroxylation sites is 1. The molecule has 11 heteroatoms. The standard InChI is InChI=1S/C26H39N3O6S2.2H2/c1-5-21(23(30)15-20-14-17(2)11-12-18(20)3)28-26(31)22(29-36(4,32)33)16-37(34,35)24-10-6-8-19-9-7-13-27-25(19)24;;/h6-10,13,17-18,20-23,29-30H,5,11-12,14-16H2,1-4H3,(H,28,31);2*1H/t17-,18+,20?,21-,22+,23+;;/m0../s1. The van der Waals surface area contributed by atoms with E-state index in [0.717, 1.165) is 19.1 Å². The topological polar surface area (TPSA) is 143 Å². The molecule has 6 atom stereocenters. The van der Waals surface area contributed by atoms with Gasteiger partial charge in [0.05, 0.1) is 34.6 Å². The van der Waals surface area contributed by atoms with Crippen molar-refractivity contribution >= 4 is 36.7 Å². The molecule has 210 valence electrons. The summed E-state index contributed by atoms with van der Waals surface area (Å²) in [5.41, 5.74) is 0.251. The Kier molecular flexibility index (Phi) is 9.71. The minimum atomic E-state index is -4.12. The molecule has 0 spiro atoms. The third-order valence-corrected chi connectivity index (χ3v) is 9.87. The molecule has 1 heterocycles. The Bertz CT molecular complexity index is 1300. The lowest BCUT2D eigenvalue weighted by molar-refractivity contribution is -0.124. The minimum Gasteiger partial charge on any atom is -0.391 e. The van der Waals surface area contributed by atoms with Crippen LogP contribution in [0.1, 0.15) is 55.7 Å². The number of aliphatic hydroxyl groups is 1. The second kappa shape index (κ2) is 12.2. The van der Waals surface area contributed by atoms with Crippen LogP contribution >= 0.6 is 0 Å². The predicted octanol–water partition coefficient (Wildman–Crippen LogP) is 3.14. The van der Waals surface area contributed by atoms with Crippen molar-refractivity contribution in [2.24, 2.45) is 17.8 Å². The van der Waals surface area contributed by atoms with Gasteiger partial charge in [-0.05, 0) is 49.1 Å². The average Bonchev–Trinajstić information content (AvgIpc) is 2.82. The van der Waals surface area contributed by atoms with E-state index in [2.05, 4.69) is 28.9 Å². The summed E-state index contributed by atoms with van der Waals surface area (Å²) in [6, 6.07) is 5.89. The summed E-state index contributed by atoms with van der Waals surface area (Å²) in [5.74, 6) is -0.198. The van der Waals surface area contributed by atoms with Gasteiger partial charge in [0.1, 0.15) is 6.04 Å². The molecule has 1 aliphatic carbocycles. The molecule has 1 saturated carbocycles. The molecule has 2 aromatic rings. The average molecular weight is 558 g/mol. The number of hydrogen-bond donors (Lipinski definition) is 3. The van der Waals surface area contributed by atoms with Crippen molar-refractivity contribution in [1.82, 2.24) is 15.0 Å². The molecule has 1 unspecified atom stereocenters. The van der Waals surface area contributed by atoms with E-state index in [9.17, 15) is 26.7 Å². The molecule has 9 nitrogen and oxygen atoms in total. The van der Waals surface area contributed by atoms with Crippen molar-refractivity contribution in [2.75, 3.05) is 12.0 Å². The maximum Gasteiger partial charge on any atom is 0.239 e. The van der Waals surface area contributed by atoms with Gasteiger partial charge in [0.15, 0.2) is 9.84 Å². The lowest BCUT2D eigenvalue weighted by atomic mass is 9.73. The first-order valence-corrected chi connectivity index (χ1v) is 16.4. The molecule has 3 rings (SSSR count). The van der Waals surface area contributed by atoms with Crippen LogP contribution in [0.25, 0.3) is 10.9 Å². The zero-order valence-electron chi connectivity index (χ0n) is 21.9. The van der Waals surface area contributed by atoms with E-state index in [1.54, 1.807) is 24.3 Å². The van der Waals surface area contributed by atoms with Crippen LogP contribution in [0.2, 0.25) is 0 Å². The fourth-order valence-corrected chi connectivity index (χ4v) is 7.68. The summed E-state index contributed by atoms with van der Waals surface area (Å²) < 4.78 is 53.0. The maximum atomic E-state index is 13.4. The van der Waals surface area contributed by atoms with E-state index < -0.39 is 49.7 Å². The number of aromatic nitrogens is 1. The third kappa shape index (κ3) is 7.95. The van der Waals surface area contributed by atoms with Gasteiger partial charge in [-0.2, -0.15) is 0 Å². The number of nitrogens with zero attached hydrogens (tertiary/aromatic N) is 1. The zero-order valence-corrected chi connectivity index (χ0v) is 23.6. The summed E-state index contributed by atoms with van der Waals surface area (Å²) in [6.45, 7) is 6.21. The van der Waals surface area contributed by atoms with E-state index in [1.165, 1.54) is 18.7 Å². The molecular weight excluding hydrogens is 514 g/mol. The number of carbonyl (C=O) groups is 1. The molecule has 37 heavy (non-hydrogen) atoms. The highest BCUT2D eigenvalue weighted by Crippen LogP contribution is 2.36. The molecule has 1 aliphatic rings. The number of rotatable bonds is 11. The Morgan fingerprint density at radius 2 is 1.86 bits per heavy atom. The second-order valence-electron chi connectivity index (χ2n) is 10.5. The van der Waals surface area contributed by atoms with Crippen LogP contribution in [-0.2, 0) is 24.7 Å². The highest BCUT2D eigenvalue weighted by Gasteiger charge is 2.34. The van der Waals surface area contributed by atoms with Gasteiger partial charge in [0.2, 0.25) is 15.9 Å². The summed E-state index contributed by atoms with van der Waals surface area (Å²) in [6.07, 6.45) is 5.73. The second-order valence-corrected chi connectivity index (χ2v) is 14.3. The normalized spacial score (nSPS) is 23.3. The Hall–Kier alpha value is -2.08. The molecule has 1 aromatic carbocycles. The number of aliphatic hydroxyl groups excluding tert-OH is 1. The molecule has 0 radical (unpaired) electrons. The fraction of sp³-hybridized carbons (Fsp3) is 0.615. The first-order valence-electron chi connectivity index (χ1n) is 12.8. The summed E-state index contributed by atoms with van der Waals surface area (Å²) in [4.78, 5) is 17.3. The number of nitrogens with one attached hydrogen (secondary N) is 2. The zero-order chi connectivity index (χ0) is 27.4. The summed E-state index contributed by atoms with van der Waals surface area (Å²) >= 11 is 0. The smallest absolute Gasteiger partial charge is 0.239 e. The van der Waals surface area contributed by atoms with Gasteiger partial charge in [-0.15, -0.1) is 0 Å². The lowest BCUT2D eigenvalue weighted by Crippen LogP contribution is -2.54. The number of sulfone groups is 1. The molecule has 1 amide bonds. The minimum absolute atomic E-state index is 0. The van der Waals surface area contributed by atoms with Gasteiger partial charge >= 0.3 is 0 Å². The van der Waals surface area contributed by atoms with Gasteiger partial charge in [-0.1, -0.05) is 51.8 Å². The van der Waals surface area contributed by atoms with Crippen molar-refractivity contribution in [3.05, 3.63) is 36.5 Å². The summed E-state index contributed by atoms with van der Waals surface area (Å²) in [7, 11) is -8.03. The molecule has 0 saturated heterocycles. The van der Waals surface area contributed by atoms with Crippen LogP contribution in [-0.4, -0.2) is 63.0 Å². The number of hydrogen-bond acceptors (Lipinski definition) is 7. The van der Waals surface area contributed by atoms with Crippen molar-refractivity contribution in [3.63, 3.8) is 0 Å². The number of sulfonamides is 1. The summed E-state index contributed by atoms with van der Waals surface area (Å²) in [5, 5.41) is 14.3. The number of amides is 1. The van der Waals surface area contributed by atoms with Crippen molar-refractivity contribution in [3.8, 4) is 0 Å². The molecule has 0 bridgehead atoms. The van der Waals surface area contributed by atoms with E-state index in [0.29, 0.717) is 36.0 Å². The number of carbonyl (C=O) groups excluding carboxylic acids is 1. The van der Waals surface area contributed by atoms with E-state index >= 15 is 0 Å². The van der Waals surface area contributed by atoms with Crippen LogP contribution in [0, 0.1) is 17.8 Å². The van der Waals surface area contributed by atoms with Crippen LogP contribution in [0.3, 0.4) is 0 Å². The van der Waals surface area contributed by atoms with Crippen molar-refractivity contribution in [1.29, 1.82) is 0 Å². The van der Waals surface area contributed by atoms with Crippen molar-refractivity contribution in [2.45, 2.75) is 76.0 Å². The van der Waals surface area contributed by atoms with Gasteiger partial charge in [0, 0.05) is 14.4 Å². The van der Waals surface area contributed by atoms with Gasteiger partial charge in [-0.3, -0.25) is 9.78 Å². The Labute approximate surface area is 223 Å². The van der Waals surface area contributed by atoms with Gasteiger partial charge in [0.25, 0.3) is 0 Å². The lowest BCUT2D eigenvalue weighted by Gasteiger charge is -2.36.